The number of quaternary nitrogens is 1. The van der Waals surface area contributed by atoms with Crippen molar-refractivity contribution in [3.05, 3.63) is 24.3 Å². The number of unbranched alkanes of at least 4 members (excludes halogenated alkanes) is 49. The van der Waals surface area contributed by atoms with E-state index in [1.54, 1.807) is 0 Å². The maximum Gasteiger partial charge on any atom is 0.306 e. The van der Waals surface area contributed by atoms with Gasteiger partial charge >= 0.3 is 11.9 Å². The molecule has 0 rings (SSSR count). The highest BCUT2D eigenvalue weighted by Crippen LogP contribution is 2.38. The van der Waals surface area contributed by atoms with Crippen molar-refractivity contribution in [1.82, 2.24) is 0 Å². The number of nitrogens with zero attached hydrogens (tertiary/aromatic N) is 1. The molecule has 0 radical (unpaired) electrons. The van der Waals surface area contributed by atoms with Gasteiger partial charge in [-0.1, -0.05) is 334 Å². The van der Waals surface area contributed by atoms with E-state index in [1.165, 1.54) is 283 Å². The fourth-order valence-electron chi connectivity index (χ4n) is 10.8. The van der Waals surface area contributed by atoms with Crippen molar-refractivity contribution >= 4 is 19.8 Å². The number of hydrogen-bond donors (Lipinski definition) is 0. The first-order valence-corrected chi connectivity index (χ1v) is 37.0. The molecule has 9 nitrogen and oxygen atoms in total. The van der Waals surface area contributed by atoms with E-state index in [-0.39, 0.29) is 32.0 Å². The molecule has 81 heavy (non-hydrogen) atoms. The number of allylic oxidation sites excluding steroid dienone is 4. The number of carbonyl (C=O) groups is 2. The number of carbonyl (C=O) groups excluding carboxylic acids is 2. The SMILES string of the molecule is CCCCC/C=C\C/C=C\CCCCCCCCCCCC(=O)OC(COC(=O)CCCCCCCCCCCCCCCCCCCCCCCCCCCCCCCCCCCCCCCC)COP(=O)([O-])OCC[N+](C)(C)C. The second kappa shape index (κ2) is 63.0. The molecule has 0 amide bonds. The molecule has 0 saturated heterocycles. The van der Waals surface area contributed by atoms with Crippen molar-refractivity contribution in [3.63, 3.8) is 0 Å². The van der Waals surface area contributed by atoms with E-state index in [2.05, 4.69) is 38.2 Å². The number of ether oxygens (including phenoxy) is 2. The Morgan fingerprint density at radius 1 is 0.383 bits per heavy atom. The van der Waals surface area contributed by atoms with E-state index < -0.39 is 26.5 Å². The van der Waals surface area contributed by atoms with E-state index in [0.717, 1.165) is 51.4 Å². The highest BCUT2D eigenvalue weighted by atomic mass is 31.2. The molecule has 0 aliphatic heterocycles. The summed E-state index contributed by atoms with van der Waals surface area (Å²) in [7, 11) is 1.18. The van der Waals surface area contributed by atoms with Gasteiger partial charge in [-0.2, -0.15) is 0 Å². The first kappa shape index (κ1) is 79.5. The van der Waals surface area contributed by atoms with Crippen LogP contribution in [0.3, 0.4) is 0 Å². The summed E-state index contributed by atoms with van der Waals surface area (Å²) in [4.78, 5) is 38.0. The largest absolute Gasteiger partial charge is 0.756 e. The van der Waals surface area contributed by atoms with Crippen LogP contribution in [0, 0.1) is 0 Å². The third-order valence-electron chi connectivity index (χ3n) is 16.2. The van der Waals surface area contributed by atoms with E-state index in [1.807, 2.05) is 21.1 Å². The van der Waals surface area contributed by atoms with Gasteiger partial charge in [0.25, 0.3) is 7.82 Å². The number of phosphoric ester groups is 1. The lowest BCUT2D eigenvalue weighted by molar-refractivity contribution is -0.870. The van der Waals surface area contributed by atoms with Crippen LogP contribution in [0.4, 0.5) is 0 Å². The molecule has 0 aromatic heterocycles. The van der Waals surface area contributed by atoms with Crippen LogP contribution in [0.2, 0.25) is 0 Å². The summed E-state index contributed by atoms with van der Waals surface area (Å²) in [5, 5.41) is 0. The average molecular weight is 1160 g/mol. The van der Waals surface area contributed by atoms with E-state index in [9.17, 15) is 19.0 Å². The van der Waals surface area contributed by atoms with E-state index in [0.29, 0.717) is 17.4 Å². The highest BCUT2D eigenvalue weighted by molar-refractivity contribution is 7.45. The Morgan fingerprint density at radius 2 is 0.667 bits per heavy atom. The minimum atomic E-state index is -4.64. The quantitative estimate of drug-likeness (QED) is 0.0195. The average Bonchev–Trinajstić information content (AvgIpc) is 3.44. The summed E-state index contributed by atoms with van der Waals surface area (Å²) in [6.07, 6.45) is 78.6. The number of likely N-dealkylation sites (N-methyl/N-ethyl adjacent to an activating group) is 1. The molecule has 0 saturated carbocycles. The van der Waals surface area contributed by atoms with Crippen LogP contribution in [-0.2, 0) is 32.7 Å². The van der Waals surface area contributed by atoms with Crippen LogP contribution >= 0.6 is 7.82 Å². The second-order valence-corrected chi connectivity index (χ2v) is 27.0. The molecule has 10 heteroatoms. The zero-order chi connectivity index (χ0) is 59.1. The van der Waals surface area contributed by atoms with Gasteiger partial charge < -0.3 is 27.9 Å². The minimum Gasteiger partial charge on any atom is -0.756 e. The Labute approximate surface area is 504 Å². The number of esters is 2. The van der Waals surface area contributed by atoms with Crippen molar-refractivity contribution in [3.8, 4) is 0 Å². The predicted molar refractivity (Wildman–Crippen MR) is 347 cm³/mol. The predicted octanol–water partition coefficient (Wildman–Crippen LogP) is 22.3. The Balaban J connectivity index is 3.88. The van der Waals surface area contributed by atoms with Gasteiger partial charge in [-0.3, -0.25) is 14.2 Å². The molecule has 0 heterocycles. The Bertz CT molecular complexity index is 1420. The van der Waals surface area contributed by atoms with Crippen LogP contribution < -0.4 is 4.89 Å². The lowest BCUT2D eigenvalue weighted by atomic mass is 10.0. The van der Waals surface area contributed by atoms with Gasteiger partial charge in [0.2, 0.25) is 0 Å². The molecule has 0 fully saturated rings. The first-order chi connectivity index (χ1) is 39.5. The van der Waals surface area contributed by atoms with Gasteiger partial charge in [0.05, 0.1) is 27.7 Å². The molecule has 2 atom stereocenters. The molecule has 480 valence electrons. The molecular weight excluding hydrogens is 1030 g/mol. The van der Waals surface area contributed by atoms with Crippen LogP contribution in [-0.4, -0.2) is 70.0 Å². The second-order valence-electron chi connectivity index (χ2n) is 25.6. The fraction of sp³-hybridized carbons (Fsp3) is 0.915. The highest BCUT2D eigenvalue weighted by Gasteiger charge is 2.22. The molecule has 0 aliphatic rings. The third-order valence-corrected chi connectivity index (χ3v) is 17.2. The normalized spacial score (nSPS) is 13.2. The van der Waals surface area contributed by atoms with Crippen molar-refractivity contribution in [2.45, 2.75) is 373 Å². The number of hydrogen-bond acceptors (Lipinski definition) is 8. The van der Waals surface area contributed by atoms with Crippen molar-refractivity contribution < 1.29 is 42.1 Å². The van der Waals surface area contributed by atoms with Crippen LogP contribution in [0.25, 0.3) is 0 Å². The van der Waals surface area contributed by atoms with Gasteiger partial charge in [-0.05, 0) is 44.9 Å². The van der Waals surface area contributed by atoms with Crippen molar-refractivity contribution in [1.29, 1.82) is 0 Å². The molecule has 0 aromatic carbocycles. The number of rotatable bonds is 67. The molecule has 0 aromatic rings. The first-order valence-electron chi connectivity index (χ1n) is 35.5. The standard InChI is InChI=1S/C71H138NO8P/c1-6-8-10-12-14-16-18-20-22-24-26-27-28-29-30-31-32-33-34-35-36-37-38-39-40-41-42-43-44-46-47-49-51-53-55-57-59-61-63-70(73)77-67-69(68-79-81(75,76)78-66-65-72(3,4)5)80-71(74)64-62-60-58-56-54-52-50-48-45-25-23-21-19-17-15-13-11-9-7-2/h15,17,21,23,69H,6-14,16,18-20,22,24-68H2,1-5H3/b17-15-,23-21-. The summed E-state index contributed by atoms with van der Waals surface area (Å²) in [5.41, 5.74) is 0. The van der Waals surface area contributed by atoms with Gasteiger partial charge in [0.1, 0.15) is 19.8 Å². The Kier molecular flexibility index (Phi) is 61.8. The summed E-state index contributed by atoms with van der Waals surface area (Å²) in [5.74, 6) is -0.819. The molecule has 0 bridgehead atoms. The van der Waals surface area contributed by atoms with Crippen LogP contribution in [0.15, 0.2) is 24.3 Å². The van der Waals surface area contributed by atoms with E-state index in [4.69, 9.17) is 18.5 Å². The Hall–Kier alpha value is -1.51. The third kappa shape index (κ3) is 67.5. The monoisotopic (exact) mass is 1160 g/mol. The van der Waals surface area contributed by atoms with Gasteiger partial charge in [-0.25, -0.2) is 0 Å². The lowest BCUT2D eigenvalue weighted by Gasteiger charge is -2.28. The lowest BCUT2D eigenvalue weighted by Crippen LogP contribution is -2.37. The smallest absolute Gasteiger partial charge is 0.306 e. The minimum absolute atomic E-state index is 0.0291. The summed E-state index contributed by atoms with van der Waals surface area (Å²) in [6, 6.07) is 0. The van der Waals surface area contributed by atoms with Crippen molar-refractivity contribution in [2.75, 3.05) is 47.5 Å². The zero-order valence-corrected chi connectivity index (χ0v) is 55.7. The molecule has 0 N–H and O–H groups in total. The number of phosphoric acid groups is 1. The van der Waals surface area contributed by atoms with Gasteiger partial charge in [0.15, 0.2) is 6.10 Å². The zero-order valence-electron chi connectivity index (χ0n) is 54.8. The molecule has 0 spiro atoms. The Morgan fingerprint density at radius 3 is 1.00 bits per heavy atom. The van der Waals surface area contributed by atoms with Gasteiger partial charge in [0, 0.05) is 12.8 Å². The molecule has 0 aliphatic carbocycles. The summed E-state index contributed by atoms with van der Waals surface area (Å²) >= 11 is 0. The molecule has 2 unspecified atom stereocenters. The molecular formula is C71H138NO8P. The summed E-state index contributed by atoms with van der Waals surface area (Å²) < 4.78 is 34.3. The van der Waals surface area contributed by atoms with Crippen molar-refractivity contribution in [2.24, 2.45) is 0 Å². The summed E-state index contributed by atoms with van der Waals surface area (Å²) in [6.45, 7) is 4.28. The van der Waals surface area contributed by atoms with Gasteiger partial charge in [-0.15, -0.1) is 0 Å². The fourth-order valence-corrected chi connectivity index (χ4v) is 11.5. The maximum atomic E-state index is 12.8. The van der Waals surface area contributed by atoms with E-state index >= 15 is 0 Å². The maximum absolute atomic E-state index is 12.8. The topological polar surface area (TPSA) is 111 Å². The van der Waals surface area contributed by atoms with Crippen LogP contribution in [0.5, 0.6) is 0 Å². The van der Waals surface area contributed by atoms with Crippen LogP contribution in [0.1, 0.15) is 367 Å².